The van der Waals surface area contributed by atoms with Gasteiger partial charge in [-0.25, -0.2) is 0 Å². The summed E-state index contributed by atoms with van der Waals surface area (Å²) in [4.78, 5) is 14.2. The lowest BCUT2D eigenvalue weighted by atomic mass is 9.94. The van der Waals surface area contributed by atoms with Crippen molar-refractivity contribution in [1.29, 1.82) is 0 Å². The molecule has 1 aliphatic heterocycles. The van der Waals surface area contributed by atoms with Gasteiger partial charge in [0.15, 0.2) is 0 Å². The van der Waals surface area contributed by atoms with Crippen molar-refractivity contribution >= 4 is 5.78 Å². The van der Waals surface area contributed by atoms with Gasteiger partial charge >= 0.3 is 0 Å². The molecule has 1 fully saturated rings. The second-order valence-electron chi connectivity index (χ2n) is 4.85. The second-order valence-corrected chi connectivity index (χ2v) is 4.85. The van der Waals surface area contributed by atoms with Gasteiger partial charge < -0.3 is 9.47 Å². The SMILES string of the molecule is COc1ccc(C(CN2CCOCC2)C(C)=O)cc1. The Morgan fingerprint density at radius 2 is 1.95 bits per heavy atom. The number of methoxy groups -OCH3 is 1. The summed E-state index contributed by atoms with van der Waals surface area (Å²) in [6.45, 7) is 5.75. The number of rotatable bonds is 5. The van der Waals surface area contributed by atoms with E-state index in [1.807, 2.05) is 24.3 Å². The zero-order chi connectivity index (χ0) is 13.7. The van der Waals surface area contributed by atoms with E-state index in [9.17, 15) is 4.79 Å². The summed E-state index contributed by atoms with van der Waals surface area (Å²) in [5.74, 6) is 0.957. The number of benzene rings is 1. The maximum Gasteiger partial charge on any atom is 0.138 e. The molecule has 19 heavy (non-hydrogen) atoms. The smallest absolute Gasteiger partial charge is 0.138 e. The normalized spacial score (nSPS) is 18.0. The molecule has 0 amide bonds. The number of ether oxygens (including phenoxy) is 2. The van der Waals surface area contributed by atoms with Gasteiger partial charge in [0.2, 0.25) is 0 Å². The molecule has 0 saturated carbocycles. The zero-order valence-electron chi connectivity index (χ0n) is 11.6. The van der Waals surface area contributed by atoms with E-state index in [-0.39, 0.29) is 11.7 Å². The van der Waals surface area contributed by atoms with Crippen LogP contribution in [0.15, 0.2) is 24.3 Å². The molecule has 2 rings (SSSR count). The van der Waals surface area contributed by atoms with Gasteiger partial charge in [-0.15, -0.1) is 0 Å². The first-order chi connectivity index (χ1) is 9.20. The average Bonchev–Trinajstić information content (AvgIpc) is 2.46. The van der Waals surface area contributed by atoms with Crippen LogP contribution >= 0.6 is 0 Å². The average molecular weight is 263 g/mol. The van der Waals surface area contributed by atoms with E-state index in [1.54, 1.807) is 14.0 Å². The van der Waals surface area contributed by atoms with Gasteiger partial charge in [0, 0.05) is 19.6 Å². The van der Waals surface area contributed by atoms with Gasteiger partial charge in [0.05, 0.1) is 26.2 Å². The summed E-state index contributed by atoms with van der Waals surface area (Å²) < 4.78 is 10.5. The lowest BCUT2D eigenvalue weighted by Crippen LogP contribution is -2.40. The number of hydrogen-bond acceptors (Lipinski definition) is 4. The lowest BCUT2D eigenvalue weighted by Gasteiger charge is -2.29. The molecule has 0 N–H and O–H groups in total. The molecule has 1 aliphatic rings. The highest BCUT2D eigenvalue weighted by Crippen LogP contribution is 2.22. The Bertz CT molecular complexity index is 410. The number of carbonyl (C=O) groups is 1. The summed E-state index contributed by atoms with van der Waals surface area (Å²) in [6.07, 6.45) is 0. The molecule has 0 bridgehead atoms. The van der Waals surface area contributed by atoms with Crippen LogP contribution in [-0.4, -0.2) is 50.6 Å². The molecule has 0 aromatic heterocycles. The molecule has 0 radical (unpaired) electrons. The molecular weight excluding hydrogens is 242 g/mol. The van der Waals surface area contributed by atoms with Crippen molar-refractivity contribution in [3.63, 3.8) is 0 Å². The van der Waals surface area contributed by atoms with Crippen molar-refractivity contribution in [3.8, 4) is 5.75 Å². The van der Waals surface area contributed by atoms with Gasteiger partial charge in [-0.1, -0.05) is 12.1 Å². The predicted octanol–water partition coefficient (Wildman–Crippen LogP) is 1.70. The van der Waals surface area contributed by atoms with E-state index in [1.165, 1.54) is 0 Å². The molecular formula is C15H21NO3. The van der Waals surface area contributed by atoms with E-state index in [0.29, 0.717) is 0 Å². The van der Waals surface area contributed by atoms with Gasteiger partial charge in [-0.3, -0.25) is 9.69 Å². The Morgan fingerprint density at radius 1 is 1.32 bits per heavy atom. The topological polar surface area (TPSA) is 38.8 Å². The monoisotopic (exact) mass is 263 g/mol. The predicted molar refractivity (Wildman–Crippen MR) is 73.7 cm³/mol. The Morgan fingerprint density at radius 3 is 2.47 bits per heavy atom. The molecule has 1 aromatic rings. The summed E-state index contributed by atoms with van der Waals surface area (Å²) >= 11 is 0. The number of hydrogen-bond donors (Lipinski definition) is 0. The first kappa shape index (κ1) is 14.0. The molecule has 104 valence electrons. The molecule has 1 saturated heterocycles. The minimum Gasteiger partial charge on any atom is -0.497 e. The molecule has 0 spiro atoms. The summed E-state index contributed by atoms with van der Waals surface area (Å²) in [7, 11) is 1.64. The van der Waals surface area contributed by atoms with Crippen molar-refractivity contribution in [2.45, 2.75) is 12.8 Å². The van der Waals surface area contributed by atoms with Crippen LogP contribution in [-0.2, 0) is 9.53 Å². The van der Waals surface area contributed by atoms with Crippen molar-refractivity contribution in [1.82, 2.24) is 4.90 Å². The fraction of sp³-hybridized carbons (Fsp3) is 0.533. The molecule has 4 heteroatoms. The lowest BCUT2D eigenvalue weighted by molar-refractivity contribution is -0.119. The maximum absolute atomic E-state index is 11.9. The molecule has 1 unspecified atom stereocenters. The van der Waals surface area contributed by atoms with Crippen LogP contribution in [0.3, 0.4) is 0 Å². The van der Waals surface area contributed by atoms with Crippen molar-refractivity contribution < 1.29 is 14.3 Å². The summed E-state index contributed by atoms with van der Waals surface area (Å²) in [6, 6.07) is 7.77. The minimum absolute atomic E-state index is 0.0657. The Hall–Kier alpha value is -1.39. The fourth-order valence-corrected chi connectivity index (χ4v) is 2.35. The largest absolute Gasteiger partial charge is 0.497 e. The Labute approximate surface area is 114 Å². The number of ketones is 1. The van der Waals surface area contributed by atoms with Crippen molar-refractivity contribution in [2.75, 3.05) is 40.0 Å². The number of morpholine rings is 1. The van der Waals surface area contributed by atoms with Crippen LogP contribution in [0.5, 0.6) is 5.75 Å². The zero-order valence-corrected chi connectivity index (χ0v) is 11.6. The van der Waals surface area contributed by atoms with Gasteiger partial charge in [0.1, 0.15) is 11.5 Å². The van der Waals surface area contributed by atoms with Crippen LogP contribution in [0.1, 0.15) is 18.4 Å². The van der Waals surface area contributed by atoms with Crippen molar-refractivity contribution in [2.24, 2.45) is 0 Å². The molecule has 1 aromatic carbocycles. The Balaban J connectivity index is 2.07. The standard InChI is InChI=1S/C15H21NO3/c1-12(17)15(11-16-7-9-19-10-8-16)13-3-5-14(18-2)6-4-13/h3-6,15H,7-11H2,1-2H3. The third-order valence-electron chi connectivity index (χ3n) is 3.55. The van der Waals surface area contributed by atoms with Crippen LogP contribution < -0.4 is 4.74 Å². The van der Waals surface area contributed by atoms with Crippen molar-refractivity contribution in [3.05, 3.63) is 29.8 Å². The third kappa shape index (κ3) is 3.78. The van der Waals surface area contributed by atoms with Crippen LogP contribution in [0.2, 0.25) is 0 Å². The number of Topliss-reactive ketones (excluding diaryl/α,β-unsaturated/α-hetero) is 1. The first-order valence-electron chi connectivity index (χ1n) is 6.65. The van der Waals surface area contributed by atoms with Crippen LogP contribution in [0, 0.1) is 0 Å². The van der Waals surface area contributed by atoms with Gasteiger partial charge in [0.25, 0.3) is 0 Å². The first-order valence-corrected chi connectivity index (χ1v) is 6.65. The fourth-order valence-electron chi connectivity index (χ4n) is 2.35. The Kier molecular flexibility index (Phi) is 4.93. The maximum atomic E-state index is 11.9. The van der Waals surface area contributed by atoms with E-state index in [4.69, 9.17) is 9.47 Å². The quantitative estimate of drug-likeness (QED) is 0.810. The molecule has 0 aliphatic carbocycles. The van der Waals surface area contributed by atoms with E-state index >= 15 is 0 Å². The van der Waals surface area contributed by atoms with E-state index < -0.39 is 0 Å². The molecule has 4 nitrogen and oxygen atoms in total. The number of carbonyl (C=O) groups excluding carboxylic acids is 1. The highest BCUT2D eigenvalue weighted by Gasteiger charge is 2.21. The van der Waals surface area contributed by atoms with Gasteiger partial charge in [-0.05, 0) is 24.6 Å². The van der Waals surface area contributed by atoms with Crippen LogP contribution in [0.25, 0.3) is 0 Å². The summed E-state index contributed by atoms with van der Waals surface area (Å²) in [5, 5.41) is 0. The van der Waals surface area contributed by atoms with Crippen LogP contribution in [0.4, 0.5) is 0 Å². The van der Waals surface area contributed by atoms with E-state index in [2.05, 4.69) is 4.90 Å². The highest BCUT2D eigenvalue weighted by molar-refractivity contribution is 5.83. The molecule has 1 atom stereocenters. The van der Waals surface area contributed by atoms with E-state index in [0.717, 1.165) is 44.2 Å². The second kappa shape index (κ2) is 6.68. The third-order valence-corrected chi connectivity index (χ3v) is 3.55. The number of nitrogens with zero attached hydrogens (tertiary/aromatic N) is 1. The highest BCUT2D eigenvalue weighted by atomic mass is 16.5. The minimum atomic E-state index is -0.0657. The molecule has 1 heterocycles. The van der Waals surface area contributed by atoms with Gasteiger partial charge in [-0.2, -0.15) is 0 Å². The summed E-state index contributed by atoms with van der Waals surface area (Å²) in [5.41, 5.74) is 1.06.